The third-order valence-electron chi connectivity index (χ3n) is 2.07. The van der Waals surface area contributed by atoms with Crippen LogP contribution in [-0.4, -0.2) is 10.8 Å². The fourth-order valence-electron chi connectivity index (χ4n) is 1.31. The van der Waals surface area contributed by atoms with E-state index in [1.165, 1.54) is 0 Å². The van der Waals surface area contributed by atoms with E-state index in [9.17, 15) is 4.79 Å². The predicted octanol–water partition coefficient (Wildman–Crippen LogP) is 3.84. The minimum absolute atomic E-state index is 0.0834. The highest BCUT2D eigenvalue weighted by atomic mass is 79.9. The average molecular weight is 341 g/mol. The number of carbonyl (C=O) groups is 1. The number of halogens is 2. The number of aromatic nitrogens is 1. The van der Waals surface area contributed by atoms with Gasteiger partial charge in [-0.05, 0) is 46.3 Å². The van der Waals surface area contributed by atoms with Gasteiger partial charge in [-0.3, -0.25) is 9.78 Å². The second kappa shape index (κ2) is 4.89. The summed E-state index contributed by atoms with van der Waals surface area (Å²) in [6, 6.07) is 10.7. The Hall–Kier alpha value is -1.000. The molecule has 0 bridgehead atoms. The molecule has 0 saturated carbocycles. The average Bonchev–Trinajstić information content (AvgIpc) is 2.29. The lowest BCUT2D eigenvalue weighted by molar-refractivity contribution is 0.103. The molecule has 0 N–H and O–H groups in total. The first-order valence-electron chi connectivity index (χ1n) is 4.59. The summed E-state index contributed by atoms with van der Waals surface area (Å²) in [5.41, 5.74) is 1.06. The van der Waals surface area contributed by atoms with Gasteiger partial charge in [-0.1, -0.05) is 22.0 Å². The van der Waals surface area contributed by atoms with Crippen molar-refractivity contribution in [2.75, 3.05) is 0 Å². The molecule has 16 heavy (non-hydrogen) atoms. The highest BCUT2D eigenvalue weighted by Gasteiger charge is 2.13. The Labute approximate surface area is 110 Å². The lowest BCUT2D eigenvalue weighted by Gasteiger charge is -2.03. The second-order valence-corrected chi connectivity index (χ2v) is 4.94. The largest absolute Gasteiger partial charge is 0.287 e. The Morgan fingerprint density at radius 2 is 1.94 bits per heavy atom. The van der Waals surface area contributed by atoms with Crippen LogP contribution in [0.3, 0.4) is 0 Å². The molecule has 2 rings (SSSR count). The van der Waals surface area contributed by atoms with Crippen LogP contribution in [0.15, 0.2) is 51.5 Å². The van der Waals surface area contributed by atoms with Crippen LogP contribution in [0.25, 0.3) is 0 Å². The second-order valence-electron chi connectivity index (χ2n) is 3.17. The summed E-state index contributed by atoms with van der Waals surface area (Å²) in [7, 11) is 0. The number of carbonyl (C=O) groups excluding carboxylic acids is 1. The first-order valence-corrected chi connectivity index (χ1v) is 6.18. The molecule has 0 aliphatic rings. The summed E-state index contributed by atoms with van der Waals surface area (Å²) < 4.78 is 1.69. The number of pyridine rings is 1. The van der Waals surface area contributed by atoms with Crippen molar-refractivity contribution in [3.05, 3.63) is 62.8 Å². The number of hydrogen-bond acceptors (Lipinski definition) is 2. The van der Waals surface area contributed by atoms with Crippen LogP contribution in [0, 0.1) is 0 Å². The minimum atomic E-state index is -0.0834. The zero-order chi connectivity index (χ0) is 11.5. The lowest BCUT2D eigenvalue weighted by atomic mass is 10.1. The number of benzene rings is 1. The number of nitrogens with zero attached hydrogens (tertiary/aromatic N) is 1. The van der Waals surface area contributed by atoms with Crippen LogP contribution in [0.1, 0.15) is 16.1 Å². The Morgan fingerprint density at radius 3 is 2.56 bits per heavy atom. The maximum absolute atomic E-state index is 12.1. The van der Waals surface area contributed by atoms with E-state index in [1.54, 1.807) is 30.5 Å². The summed E-state index contributed by atoms with van der Waals surface area (Å²) in [5, 5.41) is 0. The van der Waals surface area contributed by atoms with Crippen molar-refractivity contribution >= 4 is 37.6 Å². The molecule has 0 amide bonds. The number of rotatable bonds is 2. The fraction of sp³-hybridized carbons (Fsp3) is 0. The molecule has 2 aromatic rings. The minimum Gasteiger partial charge on any atom is -0.287 e. The van der Waals surface area contributed by atoms with E-state index in [0.717, 1.165) is 8.95 Å². The first kappa shape index (κ1) is 11.5. The van der Waals surface area contributed by atoms with Gasteiger partial charge >= 0.3 is 0 Å². The number of hydrogen-bond donors (Lipinski definition) is 0. The van der Waals surface area contributed by atoms with Crippen LogP contribution >= 0.6 is 31.9 Å². The molecular formula is C12H7Br2NO. The third-order valence-corrected chi connectivity index (χ3v) is 3.22. The van der Waals surface area contributed by atoms with Crippen LogP contribution in [-0.2, 0) is 0 Å². The van der Waals surface area contributed by atoms with Crippen molar-refractivity contribution in [2.45, 2.75) is 0 Å². The zero-order valence-electron chi connectivity index (χ0n) is 8.15. The van der Waals surface area contributed by atoms with Crippen molar-refractivity contribution in [1.82, 2.24) is 4.98 Å². The molecule has 0 aliphatic carbocycles. The lowest BCUT2D eigenvalue weighted by Crippen LogP contribution is -2.04. The molecule has 0 fully saturated rings. The van der Waals surface area contributed by atoms with E-state index in [-0.39, 0.29) is 5.78 Å². The van der Waals surface area contributed by atoms with Crippen molar-refractivity contribution < 1.29 is 4.79 Å². The van der Waals surface area contributed by atoms with Gasteiger partial charge in [0, 0.05) is 20.7 Å². The fourth-order valence-corrected chi connectivity index (χ4v) is 2.54. The summed E-state index contributed by atoms with van der Waals surface area (Å²) in [6.07, 6.45) is 1.61. The van der Waals surface area contributed by atoms with Crippen molar-refractivity contribution in [3.63, 3.8) is 0 Å². The van der Waals surface area contributed by atoms with Gasteiger partial charge in [-0.25, -0.2) is 0 Å². The third kappa shape index (κ3) is 2.39. The zero-order valence-corrected chi connectivity index (χ0v) is 11.3. The highest BCUT2D eigenvalue weighted by molar-refractivity contribution is 9.11. The Kier molecular flexibility index (Phi) is 3.51. The molecule has 1 aromatic heterocycles. The summed E-state index contributed by atoms with van der Waals surface area (Å²) >= 11 is 6.71. The predicted molar refractivity (Wildman–Crippen MR) is 69.5 cm³/mol. The van der Waals surface area contributed by atoms with Crippen molar-refractivity contribution in [2.24, 2.45) is 0 Å². The highest BCUT2D eigenvalue weighted by Crippen LogP contribution is 2.23. The van der Waals surface area contributed by atoms with Crippen LogP contribution < -0.4 is 0 Å². The molecule has 80 valence electrons. The van der Waals surface area contributed by atoms with E-state index >= 15 is 0 Å². The maximum Gasteiger partial charge on any atom is 0.212 e. The Morgan fingerprint density at radius 1 is 1.12 bits per heavy atom. The van der Waals surface area contributed by atoms with Gasteiger partial charge in [0.15, 0.2) is 0 Å². The van der Waals surface area contributed by atoms with Crippen LogP contribution in [0.5, 0.6) is 0 Å². The van der Waals surface area contributed by atoms with Gasteiger partial charge < -0.3 is 0 Å². The quantitative estimate of drug-likeness (QED) is 0.777. The molecule has 0 spiro atoms. The molecule has 2 nitrogen and oxygen atoms in total. The number of ketones is 1. The van der Waals surface area contributed by atoms with Gasteiger partial charge in [-0.15, -0.1) is 0 Å². The van der Waals surface area contributed by atoms with E-state index < -0.39 is 0 Å². The molecule has 1 aromatic carbocycles. The van der Waals surface area contributed by atoms with E-state index in [0.29, 0.717) is 11.3 Å². The van der Waals surface area contributed by atoms with E-state index in [1.807, 2.05) is 12.1 Å². The molecular weight excluding hydrogens is 334 g/mol. The monoisotopic (exact) mass is 339 g/mol. The van der Waals surface area contributed by atoms with E-state index in [4.69, 9.17) is 0 Å². The Bertz CT molecular complexity index is 526. The van der Waals surface area contributed by atoms with E-state index in [2.05, 4.69) is 36.8 Å². The smallest absolute Gasteiger partial charge is 0.212 e. The molecule has 0 aliphatic heterocycles. The molecule has 1 heterocycles. The van der Waals surface area contributed by atoms with Gasteiger partial charge in [-0.2, -0.15) is 0 Å². The van der Waals surface area contributed by atoms with Crippen molar-refractivity contribution in [1.29, 1.82) is 0 Å². The summed E-state index contributed by atoms with van der Waals surface area (Å²) in [4.78, 5) is 16.1. The maximum atomic E-state index is 12.1. The molecule has 0 unspecified atom stereocenters. The Balaban J connectivity index is 2.42. The van der Waals surface area contributed by atoms with Gasteiger partial charge in [0.25, 0.3) is 0 Å². The first-order chi connectivity index (χ1) is 7.68. The molecule has 0 radical (unpaired) electrons. The summed E-state index contributed by atoms with van der Waals surface area (Å²) in [6.45, 7) is 0. The normalized spacial score (nSPS) is 10.1. The standard InChI is InChI=1S/C12H7Br2NO/c13-8-4-5-9(10(14)7-8)12(16)11-3-1-2-6-15-11/h1-7H. The topological polar surface area (TPSA) is 30.0 Å². The molecule has 0 atom stereocenters. The van der Waals surface area contributed by atoms with Crippen LogP contribution in [0.2, 0.25) is 0 Å². The van der Waals surface area contributed by atoms with Crippen LogP contribution in [0.4, 0.5) is 0 Å². The van der Waals surface area contributed by atoms with Gasteiger partial charge in [0.1, 0.15) is 5.69 Å². The SMILES string of the molecule is O=C(c1ccccn1)c1ccc(Br)cc1Br. The summed E-state index contributed by atoms with van der Waals surface area (Å²) in [5.74, 6) is -0.0834. The van der Waals surface area contributed by atoms with Gasteiger partial charge in [0.05, 0.1) is 0 Å². The molecule has 4 heteroatoms. The molecule has 0 saturated heterocycles. The van der Waals surface area contributed by atoms with Gasteiger partial charge in [0.2, 0.25) is 5.78 Å². The van der Waals surface area contributed by atoms with Crippen molar-refractivity contribution in [3.8, 4) is 0 Å².